The maximum atomic E-state index is 12.0. The first-order chi connectivity index (χ1) is 6.20. The lowest BCUT2D eigenvalue weighted by molar-refractivity contribution is 0.105. The molecule has 2 atom stereocenters. The molecule has 1 aliphatic rings. The molecule has 0 saturated carbocycles. The van der Waals surface area contributed by atoms with Gasteiger partial charge in [0, 0.05) is 13.2 Å². The molecule has 2 unspecified atom stereocenters. The Hall–Kier alpha value is -0.220. The van der Waals surface area contributed by atoms with Crippen LogP contribution in [0.25, 0.3) is 0 Å². The van der Waals surface area contributed by atoms with E-state index in [2.05, 4.69) is 5.32 Å². The lowest BCUT2D eigenvalue weighted by Gasteiger charge is -2.14. The molecule has 1 saturated heterocycles. The van der Waals surface area contributed by atoms with Gasteiger partial charge < -0.3 is 10.1 Å². The minimum Gasteiger partial charge on any atom is -0.381 e. The Morgan fingerprint density at radius 2 is 2.31 bits per heavy atom. The number of rotatable bonds is 5. The highest BCUT2D eigenvalue weighted by Crippen LogP contribution is 2.15. The Bertz CT molecular complexity index is 136. The van der Waals surface area contributed by atoms with E-state index in [1.807, 2.05) is 0 Å². The lowest BCUT2D eigenvalue weighted by Crippen LogP contribution is -2.34. The van der Waals surface area contributed by atoms with Crippen molar-refractivity contribution in [3.8, 4) is 0 Å². The summed E-state index contributed by atoms with van der Waals surface area (Å²) in [6.45, 7) is 3.80. The average Bonchev–Trinajstić information content (AvgIpc) is 2.56. The molecule has 0 aromatic heterocycles. The maximum absolute atomic E-state index is 12.0. The van der Waals surface area contributed by atoms with E-state index < -0.39 is 12.5 Å². The highest BCUT2D eigenvalue weighted by Gasteiger charge is 2.17. The summed E-state index contributed by atoms with van der Waals surface area (Å²) in [7, 11) is 0. The average molecular weight is 193 g/mol. The van der Waals surface area contributed by atoms with Crippen molar-refractivity contribution in [2.45, 2.75) is 32.2 Å². The molecule has 2 nitrogen and oxygen atoms in total. The number of hydrogen-bond acceptors (Lipinski definition) is 2. The largest absolute Gasteiger partial charge is 0.381 e. The van der Waals surface area contributed by atoms with Crippen molar-refractivity contribution >= 4 is 0 Å². The zero-order valence-electron chi connectivity index (χ0n) is 7.93. The second kappa shape index (κ2) is 5.50. The highest BCUT2D eigenvalue weighted by molar-refractivity contribution is 4.68. The minimum absolute atomic E-state index is 0.567. The van der Waals surface area contributed by atoms with Crippen molar-refractivity contribution in [1.82, 2.24) is 5.32 Å². The van der Waals surface area contributed by atoms with E-state index in [1.165, 1.54) is 6.92 Å². The van der Waals surface area contributed by atoms with Gasteiger partial charge in [-0.2, -0.15) is 0 Å². The molecule has 0 aliphatic carbocycles. The summed E-state index contributed by atoms with van der Waals surface area (Å²) in [6, 6.07) is -0.692. The van der Waals surface area contributed by atoms with Gasteiger partial charge in [0.1, 0.15) is 0 Å². The molecule has 1 heterocycles. The first-order valence-corrected chi connectivity index (χ1v) is 4.79. The molecule has 0 amide bonds. The Morgan fingerprint density at radius 1 is 1.54 bits per heavy atom. The standard InChI is InChI=1S/C9H17F2NO/c1-7(9(10)11)12-4-2-8-3-5-13-6-8/h7-9,12H,2-6H2,1H3. The van der Waals surface area contributed by atoms with Gasteiger partial charge in [0.2, 0.25) is 0 Å². The summed E-state index contributed by atoms with van der Waals surface area (Å²) in [5.74, 6) is 0.567. The summed E-state index contributed by atoms with van der Waals surface area (Å²) in [5, 5.41) is 2.80. The molecule has 1 aliphatic heterocycles. The summed E-state index contributed by atoms with van der Waals surface area (Å²) >= 11 is 0. The van der Waals surface area contributed by atoms with E-state index in [1.54, 1.807) is 0 Å². The van der Waals surface area contributed by atoms with Crippen molar-refractivity contribution in [3.05, 3.63) is 0 Å². The van der Waals surface area contributed by atoms with E-state index in [-0.39, 0.29) is 0 Å². The van der Waals surface area contributed by atoms with E-state index in [9.17, 15) is 8.78 Å². The monoisotopic (exact) mass is 193 g/mol. The zero-order valence-corrected chi connectivity index (χ0v) is 7.93. The number of alkyl halides is 2. The third-order valence-electron chi connectivity index (χ3n) is 2.42. The number of halogens is 2. The maximum Gasteiger partial charge on any atom is 0.253 e. The summed E-state index contributed by atoms with van der Waals surface area (Å²) in [6.07, 6.45) is -0.248. The molecule has 0 radical (unpaired) electrons. The fourth-order valence-corrected chi connectivity index (χ4v) is 1.42. The smallest absolute Gasteiger partial charge is 0.253 e. The van der Waals surface area contributed by atoms with Crippen molar-refractivity contribution in [3.63, 3.8) is 0 Å². The number of ether oxygens (including phenoxy) is 1. The van der Waals surface area contributed by atoms with Gasteiger partial charge in [-0.25, -0.2) is 8.78 Å². The molecular formula is C9H17F2NO. The van der Waals surface area contributed by atoms with E-state index in [0.29, 0.717) is 12.5 Å². The van der Waals surface area contributed by atoms with Crippen LogP contribution in [0.1, 0.15) is 19.8 Å². The molecule has 4 heteroatoms. The van der Waals surface area contributed by atoms with Gasteiger partial charge in [0.25, 0.3) is 6.43 Å². The van der Waals surface area contributed by atoms with E-state index in [4.69, 9.17) is 4.74 Å². The van der Waals surface area contributed by atoms with Crippen LogP contribution >= 0.6 is 0 Å². The van der Waals surface area contributed by atoms with Gasteiger partial charge in [-0.05, 0) is 32.2 Å². The molecule has 1 N–H and O–H groups in total. The topological polar surface area (TPSA) is 21.3 Å². The van der Waals surface area contributed by atoms with Crippen LogP contribution in [0.15, 0.2) is 0 Å². The fraction of sp³-hybridized carbons (Fsp3) is 1.00. The molecule has 0 spiro atoms. The second-order valence-electron chi connectivity index (χ2n) is 3.60. The van der Waals surface area contributed by atoms with Gasteiger partial charge in [-0.15, -0.1) is 0 Å². The van der Waals surface area contributed by atoms with E-state index in [0.717, 1.165) is 26.1 Å². The number of nitrogens with one attached hydrogen (secondary N) is 1. The number of hydrogen-bond donors (Lipinski definition) is 1. The molecule has 13 heavy (non-hydrogen) atoms. The van der Waals surface area contributed by atoms with Gasteiger partial charge in [0.05, 0.1) is 6.04 Å². The predicted molar refractivity (Wildman–Crippen MR) is 47.0 cm³/mol. The van der Waals surface area contributed by atoms with Crippen LogP contribution in [0.5, 0.6) is 0 Å². The van der Waals surface area contributed by atoms with Gasteiger partial charge in [-0.1, -0.05) is 0 Å². The van der Waals surface area contributed by atoms with Crippen molar-refractivity contribution < 1.29 is 13.5 Å². The van der Waals surface area contributed by atoms with Gasteiger partial charge >= 0.3 is 0 Å². The minimum atomic E-state index is -2.26. The molecule has 0 aromatic carbocycles. The first kappa shape index (κ1) is 10.9. The van der Waals surface area contributed by atoms with Crippen molar-refractivity contribution in [1.29, 1.82) is 0 Å². The van der Waals surface area contributed by atoms with Gasteiger partial charge in [-0.3, -0.25) is 0 Å². The van der Waals surface area contributed by atoms with Crippen molar-refractivity contribution in [2.75, 3.05) is 19.8 Å². The highest BCUT2D eigenvalue weighted by atomic mass is 19.3. The third-order valence-corrected chi connectivity index (χ3v) is 2.42. The summed E-state index contributed by atoms with van der Waals surface area (Å²) in [5.41, 5.74) is 0. The first-order valence-electron chi connectivity index (χ1n) is 4.79. The SMILES string of the molecule is CC(NCCC1CCOC1)C(F)F. The predicted octanol–water partition coefficient (Wildman–Crippen LogP) is 1.66. The van der Waals surface area contributed by atoms with Crippen LogP contribution < -0.4 is 5.32 Å². The van der Waals surface area contributed by atoms with Crippen molar-refractivity contribution in [2.24, 2.45) is 5.92 Å². The Balaban J connectivity index is 1.99. The second-order valence-corrected chi connectivity index (χ2v) is 3.60. The molecule has 1 fully saturated rings. The molecular weight excluding hydrogens is 176 g/mol. The van der Waals surface area contributed by atoms with Crippen LogP contribution in [0.3, 0.4) is 0 Å². The quantitative estimate of drug-likeness (QED) is 0.717. The molecule has 0 aromatic rings. The third kappa shape index (κ3) is 4.00. The Morgan fingerprint density at radius 3 is 2.85 bits per heavy atom. The molecule has 0 bridgehead atoms. The van der Waals surface area contributed by atoms with Crippen LogP contribution in [-0.2, 0) is 4.74 Å². The molecule has 78 valence electrons. The van der Waals surface area contributed by atoms with Crippen LogP contribution in [0.2, 0.25) is 0 Å². The lowest BCUT2D eigenvalue weighted by atomic mass is 10.1. The summed E-state index contributed by atoms with van der Waals surface area (Å²) < 4.78 is 29.3. The Kier molecular flexibility index (Phi) is 4.59. The fourth-order valence-electron chi connectivity index (χ4n) is 1.42. The zero-order chi connectivity index (χ0) is 9.68. The van der Waals surface area contributed by atoms with Crippen LogP contribution in [-0.4, -0.2) is 32.2 Å². The van der Waals surface area contributed by atoms with E-state index >= 15 is 0 Å². The normalized spacial score (nSPS) is 25.4. The van der Waals surface area contributed by atoms with Crippen LogP contribution in [0, 0.1) is 5.92 Å². The van der Waals surface area contributed by atoms with Crippen LogP contribution in [0.4, 0.5) is 8.78 Å². The van der Waals surface area contributed by atoms with Gasteiger partial charge in [0.15, 0.2) is 0 Å². The molecule has 1 rings (SSSR count). The Labute approximate surface area is 77.6 Å². The summed E-state index contributed by atoms with van der Waals surface area (Å²) in [4.78, 5) is 0.